The number of aliphatic hydroxyl groups is 1. The third-order valence-corrected chi connectivity index (χ3v) is 2.15. The summed E-state index contributed by atoms with van der Waals surface area (Å²) >= 11 is 0. The topological polar surface area (TPSA) is 124 Å². The zero-order chi connectivity index (χ0) is 11.4. The van der Waals surface area contributed by atoms with Crippen molar-refractivity contribution in [3.05, 3.63) is 21.6 Å². The van der Waals surface area contributed by atoms with E-state index in [1.807, 2.05) is 5.43 Å². The molecular weight excluding hydrogens is 200 g/mol. The van der Waals surface area contributed by atoms with Crippen LogP contribution in [0.3, 0.4) is 0 Å². The molecule has 1 rings (SSSR count). The summed E-state index contributed by atoms with van der Waals surface area (Å²) < 4.78 is 0. The van der Waals surface area contributed by atoms with Crippen molar-refractivity contribution < 1.29 is 9.90 Å². The number of aromatic nitrogens is 2. The van der Waals surface area contributed by atoms with Gasteiger partial charge in [-0.25, -0.2) is 5.84 Å². The Morgan fingerprint density at radius 2 is 2.27 bits per heavy atom. The lowest BCUT2D eigenvalue weighted by Gasteiger charge is -2.06. The minimum Gasteiger partial charge on any atom is -0.393 e. The van der Waals surface area contributed by atoms with Gasteiger partial charge in [-0.05, 0) is 6.42 Å². The van der Waals surface area contributed by atoms with Crippen LogP contribution in [0.25, 0.3) is 0 Å². The van der Waals surface area contributed by atoms with E-state index in [0.29, 0.717) is 6.42 Å². The summed E-state index contributed by atoms with van der Waals surface area (Å²) in [6.07, 6.45) is -0.0157. The van der Waals surface area contributed by atoms with Gasteiger partial charge in [0.15, 0.2) is 0 Å². The van der Waals surface area contributed by atoms with Crippen molar-refractivity contribution >= 4 is 5.91 Å². The van der Waals surface area contributed by atoms with Crippen molar-refractivity contribution in [3.8, 4) is 0 Å². The summed E-state index contributed by atoms with van der Waals surface area (Å²) in [6.45, 7) is 1.79. The van der Waals surface area contributed by atoms with Crippen LogP contribution in [0.2, 0.25) is 0 Å². The molecule has 6 N–H and O–H groups in total. The Hall–Kier alpha value is -1.60. The van der Waals surface area contributed by atoms with Crippen LogP contribution in [0.4, 0.5) is 0 Å². The van der Waals surface area contributed by atoms with Crippen LogP contribution in [-0.4, -0.2) is 27.3 Å². The number of carbonyl (C=O) groups is 1. The fourth-order valence-electron chi connectivity index (χ4n) is 1.22. The third-order valence-electron chi connectivity index (χ3n) is 2.15. The molecule has 1 amide bonds. The van der Waals surface area contributed by atoms with E-state index in [2.05, 4.69) is 10.2 Å². The maximum Gasteiger partial charge on any atom is 0.283 e. The maximum atomic E-state index is 11.3. The first-order valence-electron chi connectivity index (χ1n) is 4.58. The van der Waals surface area contributed by atoms with Crippen molar-refractivity contribution in [2.24, 2.45) is 5.84 Å². The van der Waals surface area contributed by atoms with Crippen LogP contribution in [0.15, 0.2) is 4.79 Å². The van der Waals surface area contributed by atoms with Gasteiger partial charge >= 0.3 is 0 Å². The van der Waals surface area contributed by atoms with Crippen molar-refractivity contribution in [2.45, 2.75) is 25.9 Å². The van der Waals surface area contributed by atoms with Crippen LogP contribution < -0.4 is 16.8 Å². The number of amides is 1. The third kappa shape index (κ3) is 2.45. The highest BCUT2D eigenvalue weighted by molar-refractivity contribution is 5.93. The second kappa shape index (κ2) is 4.76. The van der Waals surface area contributed by atoms with Gasteiger partial charge in [0.05, 0.1) is 11.7 Å². The predicted octanol–water partition coefficient (Wildman–Crippen LogP) is -1.38. The first kappa shape index (κ1) is 11.5. The highest BCUT2D eigenvalue weighted by Gasteiger charge is 2.18. The molecule has 0 unspecified atom stereocenters. The normalized spacial score (nSPS) is 12.5. The number of H-pyrrole nitrogens is 2. The van der Waals surface area contributed by atoms with Crippen molar-refractivity contribution in [2.75, 3.05) is 0 Å². The van der Waals surface area contributed by atoms with E-state index in [9.17, 15) is 14.7 Å². The number of carbonyl (C=O) groups excluding carboxylic acids is 1. The predicted molar refractivity (Wildman–Crippen MR) is 53.1 cm³/mol. The molecule has 0 saturated carbocycles. The SMILES string of the molecule is CC[C@@H](O)Cc1c(C(=O)NN)[nH][nH]c1=O. The largest absolute Gasteiger partial charge is 0.393 e. The minimum atomic E-state index is -0.647. The summed E-state index contributed by atoms with van der Waals surface area (Å²) in [6, 6.07) is 0. The van der Waals surface area contributed by atoms with Gasteiger partial charge in [-0.15, -0.1) is 0 Å². The van der Waals surface area contributed by atoms with Crippen LogP contribution >= 0.6 is 0 Å². The average molecular weight is 214 g/mol. The second-order valence-electron chi connectivity index (χ2n) is 3.17. The zero-order valence-corrected chi connectivity index (χ0v) is 8.33. The highest BCUT2D eigenvalue weighted by atomic mass is 16.3. The molecule has 0 saturated heterocycles. The summed E-state index contributed by atoms with van der Waals surface area (Å²) in [5.41, 5.74) is 1.78. The van der Waals surface area contributed by atoms with Gasteiger partial charge < -0.3 is 5.11 Å². The van der Waals surface area contributed by atoms with E-state index in [4.69, 9.17) is 5.84 Å². The number of rotatable bonds is 4. The average Bonchev–Trinajstić information content (AvgIpc) is 2.59. The van der Waals surface area contributed by atoms with Gasteiger partial charge in [-0.1, -0.05) is 6.92 Å². The quantitative estimate of drug-likeness (QED) is 0.241. The molecular formula is C8H14N4O3. The summed E-state index contributed by atoms with van der Waals surface area (Å²) in [5.74, 6) is 4.36. The van der Waals surface area contributed by atoms with Gasteiger partial charge in [0.2, 0.25) is 0 Å². The number of nitrogens with two attached hydrogens (primary N) is 1. The fraction of sp³-hybridized carbons (Fsp3) is 0.500. The van der Waals surface area contributed by atoms with Gasteiger partial charge in [-0.2, -0.15) is 0 Å². The number of hydrogen-bond donors (Lipinski definition) is 5. The van der Waals surface area contributed by atoms with Crippen LogP contribution in [0, 0.1) is 0 Å². The minimum absolute atomic E-state index is 0.0648. The molecule has 0 radical (unpaired) electrons. The number of nitrogens with one attached hydrogen (secondary N) is 3. The molecule has 1 heterocycles. The number of hydrazine groups is 1. The van der Waals surface area contributed by atoms with Gasteiger partial charge in [0, 0.05) is 6.42 Å². The summed E-state index contributed by atoms with van der Waals surface area (Å²) in [4.78, 5) is 22.5. The molecule has 0 fully saturated rings. The Bertz CT molecular complexity index is 395. The van der Waals surface area contributed by atoms with Crippen molar-refractivity contribution in [1.29, 1.82) is 0 Å². The van der Waals surface area contributed by atoms with Crippen molar-refractivity contribution in [1.82, 2.24) is 15.6 Å². The molecule has 1 aromatic heterocycles. The van der Waals surface area contributed by atoms with Crippen LogP contribution in [0.5, 0.6) is 0 Å². The number of hydrogen-bond acceptors (Lipinski definition) is 4. The van der Waals surface area contributed by atoms with Crippen LogP contribution in [-0.2, 0) is 6.42 Å². The molecule has 1 atom stereocenters. The molecule has 0 aromatic carbocycles. The Balaban J connectivity index is 2.99. The number of aliphatic hydroxyl groups excluding tert-OH is 1. The maximum absolute atomic E-state index is 11.3. The standard InChI is InChI=1S/C8H14N4O3/c1-2-4(13)3-5-6(8(15)10-9)11-12-7(5)14/h4,13H,2-3,9H2,1H3,(H,10,15)(H2,11,12,14)/t4-/m1/s1. The first-order chi connectivity index (χ1) is 7.10. The Kier molecular flexibility index (Phi) is 3.64. The van der Waals surface area contributed by atoms with E-state index < -0.39 is 17.6 Å². The van der Waals surface area contributed by atoms with E-state index in [0.717, 1.165) is 0 Å². The smallest absolute Gasteiger partial charge is 0.283 e. The van der Waals surface area contributed by atoms with E-state index in [-0.39, 0.29) is 17.7 Å². The zero-order valence-electron chi connectivity index (χ0n) is 8.33. The lowest BCUT2D eigenvalue weighted by atomic mass is 10.1. The molecule has 7 nitrogen and oxygen atoms in total. The molecule has 0 aliphatic heterocycles. The fourth-order valence-corrected chi connectivity index (χ4v) is 1.22. The van der Waals surface area contributed by atoms with E-state index in [1.54, 1.807) is 6.92 Å². The van der Waals surface area contributed by atoms with E-state index in [1.165, 1.54) is 0 Å². The van der Waals surface area contributed by atoms with Gasteiger partial charge in [0.25, 0.3) is 11.5 Å². The molecule has 0 aliphatic carbocycles. The molecule has 0 bridgehead atoms. The Labute approximate surface area is 85.6 Å². The number of aromatic amines is 2. The lowest BCUT2D eigenvalue weighted by molar-refractivity contribution is 0.0946. The van der Waals surface area contributed by atoms with E-state index >= 15 is 0 Å². The lowest BCUT2D eigenvalue weighted by Crippen LogP contribution is -2.32. The van der Waals surface area contributed by atoms with Gasteiger partial charge in [-0.3, -0.25) is 25.2 Å². The first-order valence-corrected chi connectivity index (χ1v) is 4.58. The molecule has 0 aliphatic rings. The molecule has 7 heteroatoms. The van der Waals surface area contributed by atoms with Gasteiger partial charge in [0.1, 0.15) is 5.69 Å². The Morgan fingerprint density at radius 1 is 1.60 bits per heavy atom. The highest BCUT2D eigenvalue weighted by Crippen LogP contribution is 2.05. The van der Waals surface area contributed by atoms with Crippen molar-refractivity contribution in [3.63, 3.8) is 0 Å². The Morgan fingerprint density at radius 3 is 2.80 bits per heavy atom. The molecule has 84 valence electrons. The molecule has 15 heavy (non-hydrogen) atoms. The molecule has 1 aromatic rings. The molecule has 0 spiro atoms. The summed E-state index contributed by atoms with van der Waals surface area (Å²) in [7, 11) is 0. The second-order valence-corrected chi connectivity index (χ2v) is 3.17. The number of nitrogen functional groups attached to an aromatic ring is 1. The monoisotopic (exact) mass is 214 g/mol. The van der Waals surface area contributed by atoms with Crippen LogP contribution in [0.1, 0.15) is 29.4 Å². The summed E-state index contributed by atoms with van der Waals surface area (Å²) in [5, 5.41) is 14.1.